The van der Waals surface area contributed by atoms with Gasteiger partial charge in [0.15, 0.2) is 0 Å². The maximum atomic E-state index is 11.7. The molecule has 0 unspecified atom stereocenters. The van der Waals surface area contributed by atoms with Crippen molar-refractivity contribution in [2.45, 2.75) is 12.8 Å². The van der Waals surface area contributed by atoms with E-state index in [4.69, 9.17) is 0 Å². The predicted molar refractivity (Wildman–Crippen MR) is 63.0 cm³/mol. The summed E-state index contributed by atoms with van der Waals surface area (Å²) in [6.45, 7) is 3.32. The van der Waals surface area contributed by atoms with Crippen LogP contribution in [-0.2, 0) is 14.6 Å². The van der Waals surface area contributed by atoms with Crippen LogP contribution in [-0.4, -0.2) is 69.4 Å². The molecular weight excluding hydrogens is 228 g/mol. The second-order valence-electron chi connectivity index (χ2n) is 4.42. The van der Waals surface area contributed by atoms with Gasteiger partial charge in [-0.3, -0.25) is 4.79 Å². The average molecular weight is 248 g/mol. The standard InChI is InChI=1S/C10H20N2O3S/c1-11-5-7-12(8-6-11)10(13)4-3-9-16(2,14)15/h3-9H2,1-2H3. The Labute approximate surface area is 97.3 Å². The third kappa shape index (κ3) is 4.94. The molecule has 16 heavy (non-hydrogen) atoms. The third-order valence-electron chi connectivity index (χ3n) is 2.76. The Morgan fingerprint density at radius 3 is 2.25 bits per heavy atom. The second kappa shape index (κ2) is 5.63. The molecule has 6 heteroatoms. The molecule has 0 N–H and O–H groups in total. The van der Waals surface area contributed by atoms with Gasteiger partial charge in [0.1, 0.15) is 9.84 Å². The number of amides is 1. The summed E-state index contributed by atoms with van der Waals surface area (Å²) in [7, 11) is -0.905. The lowest BCUT2D eigenvalue weighted by atomic mass is 10.2. The summed E-state index contributed by atoms with van der Waals surface area (Å²) in [5.74, 6) is 0.184. The lowest BCUT2D eigenvalue weighted by Crippen LogP contribution is -2.47. The molecule has 0 bridgehead atoms. The Bertz CT molecular complexity index is 332. The van der Waals surface area contributed by atoms with Crippen LogP contribution in [0.2, 0.25) is 0 Å². The maximum Gasteiger partial charge on any atom is 0.222 e. The Morgan fingerprint density at radius 2 is 1.75 bits per heavy atom. The molecule has 0 aliphatic carbocycles. The van der Waals surface area contributed by atoms with E-state index in [2.05, 4.69) is 4.90 Å². The molecule has 1 aliphatic rings. The van der Waals surface area contributed by atoms with Gasteiger partial charge in [-0.2, -0.15) is 0 Å². The molecule has 0 aromatic heterocycles. The molecule has 94 valence electrons. The highest BCUT2D eigenvalue weighted by Crippen LogP contribution is 2.04. The first-order valence-corrected chi connectivity index (χ1v) is 7.58. The fourth-order valence-corrected chi connectivity index (χ4v) is 2.37. The summed E-state index contributed by atoms with van der Waals surface area (Å²) in [6.07, 6.45) is 1.98. The number of hydrogen-bond acceptors (Lipinski definition) is 4. The van der Waals surface area contributed by atoms with Gasteiger partial charge in [0, 0.05) is 38.9 Å². The summed E-state index contributed by atoms with van der Waals surface area (Å²) < 4.78 is 21.8. The molecule has 1 saturated heterocycles. The monoisotopic (exact) mass is 248 g/mol. The minimum Gasteiger partial charge on any atom is -0.340 e. The largest absolute Gasteiger partial charge is 0.340 e. The van der Waals surface area contributed by atoms with Crippen molar-refractivity contribution in [2.75, 3.05) is 45.2 Å². The van der Waals surface area contributed by atoms with Crippen LogP contribution in [0.1, 0.15) is 12.8 Å². The van der Waals surface area contributed by atoms with Crippen molar-refractivity contribution in [2.24, 2.45) is 0 Å². The average Bonchev–Trinajstić information content (AvgIpc) is 2.16. The molecule has 5 nitrogen and oxygen atoms in total. The molecule has 1 fully saturated rings. The Hall–Kier alpha value is -0.620. The van der Waals surface area contributed by atoms with E-state index in [1.54, 1.807) is 0 Å². The molecule has 0 spiro atoms. The lowest BCUT2D eigenvalue weighted by molar-refractivity contribution is -0.132. The van der Waals surface area contributed by atoms with Crippen molar-refractivity contribution in [3.63, 3.8) is 0 Å². The highest BCUT2D eigenvalue weighted by molar-refractivity contribution is 7.90. The van der Waals surface area contributed by atoms with Crippen LogP contribution in [0.25, 0.3) is 0 Å². The first kappa shape index (κ1) is 13.4. The summed E-state index contributed by atoms with van der Waals surface area (Å²) >= 11 is 0. The molecule has 0 aromatic rings. The number of sulfone groups is 1. The molecule has 1 heterocycles. The van der Waals surface area contributed by atoms with Gasteiger partial charge in [-0.25, -0.2) is 8.42 Å². The number of likely N-dealkylation sites (N-methyl/N-ethyl adjacent to an activating group) is 1. The van der Waals surface area contributed by atoms with E-state index >= 15 is 0 Å². The van der Waals surface area contributed by atoms with Gasteiger partial charge >= 0.3 is 0 Å². The first-order chi connectivity index (χ1) is 7.38. The molecule has 1 aliphatic heterocycles. The SMILES string of the molecule is CN1CCN(C(=O)CCCS(C)(=O)=O)CC1. The van der Waals surface area contributed by atoms with Gasteiger partial charge in [-0.15, -0.1) is 0 Å². The minimum atomic E-state index is -2.94. The van der Waals surface area contributed by atoms with E-state index in [0.717, 1.165) is 26.2 Å². The third-order valence-corrected chi connectivity index (χ3v) is 3.79. The molecule has 1 rings (SSSR count). The van der Waals surface area contributed by atoms with E-state index in [1.807, 2.05) is 11.9 Å². The van der Waals surface area contributed by atoms with Crippen molar-refractivity contribution in [3.05, 3.63) is 0 Å². The maximum absolute atomic E-state index is 11.7. The number of rotatable bonds is 4. The molecular formula is C10H20N2O3S. The predicted octanol–water partition coefficient (Wildman–Crippen LogP) is -0.415. The van der Waals surface area contributed by atoms with Crippen LogP contribution >= 0.6 is 0 Å². The summed E-state index contributed by atoms with van der Waals surface area (Å²) in [6, 6.07) is 0. The molecule has 0 aromatic carbocycles. The quantitative estimate of drug-likeness (QED) is 0.678. The van der Waals surface area contributed by atoms with E-state index in [9.17, 15) is 13.2 Å². The Morgan fingerprint density at radius 1 is 1.19 bits per heavy atom. The van der Waals surface area contributed by atoms with Crippen LogP contribution in [0, 0.1) is 0 Å². The number of piperazine rings is 1. The highest BCUT2D eigenvalue weighted by Gasteiger charge is 2.18. The molecule has 0 saturated carbocycles. The van der Waals surface area contributed by atoms with Crippen molar-refractivity contribution >= 4 is 15.7 Å². The highest BCUT2D eigenvalue weighted by atomic mass is 32.2. The molecule has 0 radical (unpaired) electrons. The zero-order chi connectivity index (χ0) is 12.2. The number of carbonyl (C=O) groups excluding carboxylic acids is 1. The number of hydrogen-bond donors (Lipinski definition) is 0. The van der Waals surface area contributed by atoms with Gasteiger partial charge in [0.2, 0.25) is 5.91 Å². The lowest BCUT2D eigenvalue weighted by Gasteiger charge is -2.32. The van der Waals surface area contributed by atoms with Gasteiger partial charge < -0.3 is 9.80 Å². The van der Waals surface area contributed by atoms with Crippen LogP contribution in [0.15, 0.2) is 0 Å². The van der Waals surface area contributed by atoms with Crippen LogP contribution < -0.4 is 0 Å². The fourth-order valence-electron chi connectivity index (χ4n) is 1.70. The molecule has 0 atom stereocenters. The van der Waals surface area contributed by atoms with E-state index < -0.39 is 9.84 Å². The smallest absolute Gasteiger partial charge is 0.222 e. The second-order valence-corrected chi connectivity index (χ2v) is 6.68. The topological polar surface area (TPSA) is 57.7 Å². The van der Waals surface area contributed by atoms with E-state index in [0.29, 0.717) is 12.8 Å². The van der Waals surface area contributed by atoms with Crippen molar-refractivity contribution in [1.29, 1.82) is 0 Å². The summed E-state index contributed by atoms with van der Waals surface area (Å²) in [5, 5.41) is 0. The molecule has 1 amide bonds. The van der Waals surface area contributed by atoms with Crippen LogP contribution in [0.3, 0.4) is 0 Å². The van der Waals surface area contributed by atoms with Crippen LogP contribution in [0.4, 0.5) is 0 Å². The zero-order valence-corrected chi connectivity index (χ0v) is 10.8. The van der Waals surface area contributed by atoms with Gasteiger partial charge in [0.05, 0.1) is 5.75 Å². The number of nitrogens with zero attached hydrogens (tertiary/aromatic N) is 2. The Balaban J connectivity index is 2.25. The normalized spacial score (nSPS) is 18.8. The first-order valence-electron chi connectivity index (χ1n) is 5.52. The summed E-state index contributed by atoms with van der Waals surface area (Å²) in [4.78, 5) is 15.7. The van der Waals surface area contributed by atoms with Gasteiger partial charge in [0.25, 0.3) is 0 Å². The van der Waals surface area contributed by atoms with Crippen molar-refractivity contribution in [3.8, 4) is 0 Å². The van der Waals surface area contributed by atoms with Gasteiger partial charge in [-0.1, -0.05) is 0 Å². The number of carbonyl (C=O) groups is 1. The Kier molecular flexibility index (Phi) is 4.73. The van der Waals surface area contributed by atoms with Crippen molar-refractivity contribution in [1.82, 2.24) is 9.80 Å². The van der Waals surface area contributed by atoms with E-state index in [-0.39, 0.29) is 11.7 Å². The zero-order valence-electron chi connectivity index (χ0n) is 9.98. The van der Waals surface area contributed by atoms with Crippen molar-refractivity contribution < 1.29 is 13.2 Å². The minimum absolute atomic E-state index is 0.0803. The van der Waals surface area contributed by atoms with Crippen LogP contribution in [0.5, 0.6) is 0 Å². The summed E-state index contributed by atoms with van der Waals surface area (Å²) in [5.41, 5.74) is 0. The fraction of sp³-hybridized carbons (Fsp3) is 0.900. The van der Waals surface area contributed by atoms with E-state index in [1.165, 1.54) is 6.26 Å². The van der Waals surface area contributed by atoms with Gasteiger partial charge in [-0.05, 0) is 13.5 Å².